The maximum Gasteiger partial charge on any atom is 0.315 e. The van der Waals surface area contributed by atoms with E-state index in [2.05, 4.69) is 0 Å². The van der Waals surface area contributed by atoms with Gasteiger partial charge in [0.05, 0.1) is 17.3 Å². The van der Waals surface area contributed by atoms with Gasteiger partial charge in [0.1, 0.15) is 5.60 Å². The molecule has 0 saturated carbocycles. The number of rotatable bonds is 6. The van der Waals surface area contributed by atoms with Crippen LogP contribution in [0.3, 0.4) is 0 Å². The van der Waals surface area contributed by atoms with Gasteiger partial charge >= 0.3 is 11.9 Å². The van der Waals surface area contributed by atoms with E-state index in [1.165, 1.54) is 24.3 Å². The third-order valence-electron chi connectivity index (χ3n) is 2.96. The third kappa shape index (κ3) is 5.67. The average Bonchev–Trinajstić information content (AvgIpc) is 2.36. The molecule has 1 unspecified atom stereocenters. The van der Waals surface area contributed by atoms with Crippen molar-refractivity contribution in [2.24, 2.45) is 5.73 Å². The molecule has 0 radical (unpaired) electrons. The largest absolute Gasteiger partial charge is 0.481 e. The van der Waals surface area contributed by atoms with E-state index in [0.29, 0.717) is 5.56 Å². The molecule has 0 heterocycles. The second-order valence-corrected chi connectivity index (χ2v) is 6.12. The van der Waals surface area contributed by atoms with Gasteiger partial charge in [0, 0.05) is 18.2 Å². The van der Waals surface area contributed by atoms with Gasteiger partial charge in [0.2, 0.25) is 0 Å². The van der Waals surface area contributed by atoms with Crippen molar-refractivity contribution in [2.75, 3.05) is 0 Å². The zero-order valence-electron chi connectivity index (χ0n) is 13.2. The van der Waals surface area contributed by atoms with Gasteiger partial charge in [-0.05, 0) is 26.3 Å². The Labute approximate surface area is 133 Å². The number of non-ortho nitro benzene ring substituents is 1. The van der Waals surface area contributed by atoms with Crippen molar-refractivity contribution in [2.45, 2.75) is 44.8 Å². The van der Waals surface area contributed by atoms with Crippen molar-refractivity contribution in [3.63, 3.8) is 0 Å². The van der Waals surface area contributed by atoms with Crippen LogP contribution in [-0.4, -0.2) is 33.6 Å². The van der Waals surface area contributed by atoms with Gasteiger partial charge < -0.3 is 15.6 Å². The summed E-state index contributed by atoms with van der Waals surface area (Å²) < 4.78 is 5.29. The number of carboxylic acid groups (broad SMARTS) is 1. The quantitative estimate of drug-likeness (QED) is 0.463. The van der Waals surface area contributed by atoms with Gasteiger partial charge in [-0.25, -0.2) is 0 Å². The number of nitro benzene ring substituents is 1. The molecule has 1 rings (SSSR count). The van der Waals surface area contributed by atoms with Crippen LogP contribution in [0, 0.1) is 10.1 Å². The molecule has 3 N–H and O–H groups in total. The highest BCUT2D eigenvalue weighted by molar-refractivity contribution is 5.81. The Bertz CT molecular complexity index is 591. The van der Waals surface area contributed by atoms with Crippen LogP contribution < -0.4 is 5.73 Å². The molecule has 0 bridgehead atoms. The van der Waals surface area contributed by atoms with E-state index in [0.717, 1.165) is 0 Å². The number of carbonyl (C=O) groups is 2. The summed E-state index contributed by atoms with van der Waals surface area (Å²) in [5, 5.41) is 19.6. The van der Waals surface area contributed by atoms with Crippen molar-refractivity contribution in [3.05, 3.63) is 39.9 Å². The Balaban J connectivity index is 3.14. The van der Waals surface area contributed by atoms with Crippen LogP contribution in [0.1, 0.15) is 38.7 Å². The summed E-state index contributed by atoms with van der Waals surface area (Å²) in [5.41, 5.74) is 5.33. The van der Waals surface area contributed by atoms with Crippen molar-refractivity contribution >= 4 is 17.6 Å². The number of ether oxygens (including phenoxy) is 1. The zero-order valence-corrected chi connectivity index (χ0v) is 13.2. The Morgan fingerprint density at radius 1 is 1.30 bits per heavy atom. The molecule has 0 amide bonds. The SMILES string of the molecule is CC(C)(C)OC(=O)C(c1ccc([N+](=O)[O-])cc1)[C@H](N)CC(=O)O. The van der Waals surface area contributed by atoms with E-state index in [1.54, 1.807) is 20.8 Å². The minimum atomic E-state index is -1.15. The van der Waals surface area contributed by atoms with Crippen molar-refractivity contribution in [3.8, 4) is 0 Å². The molecular weight excluding hydrogens is 304 g/mol. The maximum atomic E-state index is 12.4. The van der Waals surface area contributed by atoms with Crippen molar-refractivity contribution in [1.82, 2.24) is 0 Å². The Hall–Kier alpha value is -2.48. The minimum absolute atomic E-state index is 0.136. The first-order valence-corrected chi connectivity index (χ1v) is 6.96. The predicted molar refractivity (Wildman–Crippen MR) is 81.9 cm³/mol. The Morgan fingerprint density at radius 3 is 2.22 bits per heavy atom. The van der Waals surface area contributed by atoms with Crippen LogP contribution >= 0.6 is 0 Å². The molecule has 126 valence electrons. The van der Waals surface area contributed by atoms with E-state index in [-0.39, 0.29) is 5.69 Å². The number of aliphatic carboxylic acids is 1. The first-order valence-electron chi connectivity index (χ1n) is 6.96. The molecule has 0 aliphatic rings. The number of esters is 1. The van der Waals surface area contributed by atoms with Gasteiger partial charge in [-0.2, -0.15) is 0 Å². The molecule has 0 saturated heterocycles. The highest BCUT2D eigenvalue weighted by Crippen LogP contribution is 2.26. The summed E-state index contributed by atoms with van der Waals surface area (Å²) in [6, 6.07) is 4.23. The fourth-order valence-corrected chi connectivity index (χ4v) is 2.05. The van der Waals surface area contributed by atoms with Crippen LogP contribution in [0.5, 0.6) is 0 Å². The van der Waals surface area contributed by atoms with Crippen LogP contribution in [0.25, 0.3) is 0 Å². The fourth-order valence-electron chi connectivity index (χ4n) is 2.05. The average molecular weight is 324 g/mol. The second-order valence-electron chi connectivity index (χ2n) is 6.12. The molecular formula is C15H20N2O6. The highest BCUT2D eigenvalue weighted by atomic mass is 16.6. The summed E-state index contributed by atoms with van der Waals surface area (Å²) in [5.74, 6) is -2.83. The lowest BCUT2D eigenvalue weighted by atomic mass is 9.89. The fraction of sp³-hybridized carbons (Fsp3) is 0.467. The number of benzene rings is 1. The number of carboxylic acids is 1. The van der Waals surface area contributed by atoms with Gasteiger partial charge in [-0.15, -0.1) is 0 Å². The molecule has 0 fully saturated rings. The number of nitrogens with two attached hydrogens (primary N) is 1. The number of nitro groups is 1. The molecule has 23 heavy (non-hydrogen) atoms. The van der Waals surface area contributed by atoms with Crippen LogP contribution in [0.4, 0.5) is 5.69 Å². The summed E-state index contributed by atoms with van der Waals surface area (Å²) in [4.78, 5) is 33.4. The van der Waals surface area contributed by atoms with Crippen LogP contribution in [0.2, 0.25) is 0 Å². The summed E-state index contributed by atoms with van der Waals surface area (Å²) >= 11 is 0. The smallest absolute Gasteiger partial charge is 0.315 e. The first kappa shape index (κ1) is 18.6. The van der Waals surface area contributed by atoms with Gasteiger partial charge in [-0.3, -0.25) is 19.7 Å². The number of hydrogen-bond donors (Lipinski definition) is 2. The van der Waals surface area contributed by atoms with Gasteiger partial charge in [0.25, 0.3) is 5.69 Å². The van der Waals surface area contributed by atoms with Crippen molar-refractivity contribution in [1.29, 1.82) is 0 Å². The second kappa shape index (κ2) is 7.19. The van der Waals surface area contributed by atoms with Crippen molar-refractivity contribution < 1.29 is 24.4 Å². The lowest BCUT2D eigenvalue weighted by Gasteiger charge is -2.27. The van der Waals surface area contributed by atoms with Crippen LogP contribution in [-0.2, 0) is 14.3 Å². The summed E-state index contributed by atoms with van der Waals surface area (Å²) in [6.45, 7) is 5.04. The highest BCUT2D eigenvalue weighted by Gasteiger charge is 2.33. The molecule has 8 heteroatoms. The standard InChI is InChI=1S/C15H20N2O6/c1-15(2,3)23-14(20)13(11(16)8-12(18)19)9-4-6-10(7-5-9)17(21)22/h4-7,11,13H,8,16H2,1-3H3,(H,18,19)/t11-,13?/m1/s1. The molecule has 1 aromatic carbocycles. The molecule has 1 aromatic rings. The number of nitrogens with zero attached hydrogens (tertiary/aromatic N) is 1. The topological polar surface area (TPSA) is 133 Å². The Kier molecular flexibility index (Phi) is 5.80. The Morgan fingerprint density at radius 2 is 1.83 bits per heavy atom. The molecule has 0 aliphatic carbocycles. The monoisotopic (exact) mass is 324 g/mol. The summed E-state index contributed by atoms with van der Waals surface area (Å²) in [6.07, 6.45) is -0.430. The number of hydrogen-bond acceptors (Lipinski definition) is 6. The molecule has 8 nitrogen and oxygen atoms in total. The van der Waals surface area contributed by atoms with E-state index in [4.69, 9.17) is 15.6 Å². The summed E-state index contributed by atoms with van der Waals surface area (Å²) in [7, 11) is 0. The lowest BCUT2D eigenvalue weighted by Crippen LogP contribution is -2.39. The zero-order chi connectivity index (χ0) is 17.8. The third-order valence-corrected chi connectivity index (χ3v) is 2.96. The molecule has 0 aliphatic heterocycles. The van der Waals surface area contributed by atoms with Gasteiger partial charge in [0.15, 0.2) is 0 Å². The van der Waals surface area contributed by atoms with E-state index in [1.807, 2.05) is 0 Å². The predicted octanol–water partition coefficient (Wildman–Crippen LogP) is 1.82. The normalized spacial score (nSPS) is 13.9. The van der Waals surface area contributed by atoms with E-state index in [9.17, 15) is 19.7 Å². The van der Waals surface area contributed by atoms with Crippen LogP contribution in [0.15, 0.2) is 24.3 Å². The van der Waals surface area contributed by atoms with E-state index < -0.39 is 40.8 Å². The molecule has 0 spiro atoms. The van der Waals surface area contributed by atoms with Gasteiger partial charge in [-0.1, -0.05) is 12.1 Å². The number of carbonyl (C=O) groups excluding carboxylic acids is 1. The molecule has 2 atom stereocenters. The first-order chi connectivity index (χ1) is 10.5. The van der Waals surface area contributed by atoms with E-state index >= 15 is 0 Å². The maximum absolute atomic E-state index is 12.4. The minimum Gasteiger partial charge on any atom is -0.481 e. The molecule has 0 aromatic heterocycles. The lowest BCUT2D eigenvalue weighted by molar-refractivity contribution is -0.384.